The fraction of sp³-hybridized carbons (Fsp3) is 0.800. The van der Waals surface area contributed by atoms with Gasteiger partial charge in [0.2, 0.25) is 0 Å². The van der Waals surface area contributed by atoms with E-state index in [0.29, 0.717) is 6.79 Å². The Labute approximate surface area is 75.6 Å². The molecule has 0 aliphatic heterocycles. The molecule has 0 bridgehead atoms. The van der Waals surface area contributed by atoms with Gasteiger partial charge in [0.05, 0.1) is 6.10 Å². The van der Waals surface area contributed by atoms with Crippen LogP contribution in [0, 0.1) is 0 Å². The van der Waals surface area contributed by atoms with E-state index in [1.807, 2.05) is 6.08 Å². The lowest BCUT2D eigenvalue weighted by atomic mass is 10.1. The van der Waals surface area contributed by atoms with Crippen LogP contribution in [0.4, 0.5) is 0 Å². The van der Waals surface area contributed by atoms with Gasteiger partial charge < -0.3 is 9.47 Å². The number of methoxy groups -OCH3 is 1. The zero-order valence-electron chi connectivity index (χ0n) is 8.21. The van der Waals surface area contributed by atoms with Crippen molar-refractivity contribution in [1.82, 2.24) is 0 Å². The van der Waals surface area contributed by atoms with Crippen molar-refractivity contribution >= 4 is 0 Å². The van der Waals surface area contributed by atoms with E-state index in [1.165, 1.54) is 19.3 Å². The Balaban J connectivity index is 3.32. The Bertz CT molecular complexity index is 102. The quantitative estimate of drug-likeness (QED) is 0.318. The number of rotatable bonds is 8. The first kappa shape index (κ1) is 11.7. The molecule has 0 saturated heterocycles. The lowest BCUT2D eigenvalue weighted by molar-refractivity contribution is -0.0578. The van der Waals surface area contributed by atoms with Gasteiger partial charge in [-0.15, -0.1) is 6.58 Å². The number of hydrogen-bond acceptors (Lipinski definition) is 2. The molecular formula is C10H20O2. The third-order valence-electron chi connectivity index (χ3n) is 1.76. The summed E-state index contributed by atoms with van der Waals surface area (Å²) in [6.45, 7) is 6.27. The van der Waals surface area contributed by atoms with Crippen LogP contribution in [0.15, 0.2) is 12.7 Å². The van der Waals surface area contributed by atoms with E-state index in [4.69, 9.17) is 9.47 Å². The fourth-order valence-electron chi connectivity index (χ4n) is 1.02. The van der Waals surface area contributed by atoms with Crippen molar-refractivity contribution < 1.29 is 9.47 Å². The van der Waals surface area contributed by atoms with Crippen LogP contribution in [0.5, 0.6) is 0 Å². The summed E-state index contributed by atoms with van der Waals surface area (Å²) in [6, 6.07) is 0. The number of unbranched alkanes of at least 4 members (excludes halogenated alkanes) is 2. The molecule has 0 aromatic heterocycles. The normalized spacial score (nSPS) is 12.8. The van der Waals surface area contributed by atoms with E-state index in [0.717, 1.165) is 6.42 Å². The molecular weight excluding hydrogens is 152 g/mol. The van der Waals surface area contributed by atoms with Gasteiger partial charge in [-0.1, -0.05) is 32.3 Å². The lowest BCUT2D eigenvalue weighted by Gasteiger charge is -2.12. The summed E-state index contributed by atoms with van der Waals surface area (Å²) in [5, 5.41) is 0. The highest BCUT2D eigenvalue weighted by Gasteiger charge is 2.02. The van der Waals surface area contributed by atoms with Gasteiger partial charge in [0, 0.05) is 7.11 Å². The minimum atomic E-state index is 0.163. The Morgan fingerprint density at radius 2 is 2.17 bits per heavy atom. The third kappa shape index (κ3) is 6.38. The van der Waals surface area contributed by atoms with E-state index in [2.05, 4.69) is 13.5 Å². The molecule has 0 radical (unpaired) electrons. The third-order valence-corrected chi connectivity index (χ3v) is 1.76. The standard InChI is InChI=1S/C10H20O2/c1-4-6-7-8-10(5-2)12-9-11-3/h5,10H,2,4,6-9H2,1,3H3/t10-/m1/s1. The predicted molar refractivity (Wildman–Crippen MR) is 51.1 cm³/mol. The second-order valence-corrected chi connectivity index (χ2v) is 2.84. The zero-order chi connectivity index (χ0) is 9.23. The molecule has 0 heterocycles. The van der Waals surface area contributed by atoms with Crippen LogP contribution < -0.4 is 0 Å². The average molecular weight is 172 g/mol. The van der Waals surface area contributed by atoms with Crippen molar-refractivity contribution in [2.24, 2.45) is 0 Å². The summed E-state index contributed by atoms with van der Waals surface area (Å²) >= 11 is 0. The summed E-state index contributed by atoms with van der Waals surface area (Å²) in [7, 11) is 1.63. The molecule has 0 fully saturated rings. The molecule has 0 aliphatic rings. The molecule has 0 amide bonds. The molecule has 2 nitrogen and oxygen atoms in total. The molecule has 0 rings (SSSR count). The van der Waals surface area contributed by atoms with Crippen molar-refractivity contribution in [3.05, 3.63) is 12.7 Å². The van der Waals surface area contributed by atoms with Crippen molar-refractivity contribution in [2.45, 2.75) is 38.7 Å². The molecule has 0 aromatic carbocycles. The van der Waals surface area contributed by atoms with Gasteiger partial charge in [-0.2, -0.15) is 0 Å². The van der Waals surface area contributed by atoms with Gasteiger partial charge in [-0.3, -0.25) is 0 Å². The lowest BCUT2D eigenvalue weighted by Crippen LogP contribution is -2.11. The van der Waals surface area contributed by atoms with Gasteiger partial charge in [0.25, 0.3) is 0 Å². The molecule has 2 heteroatoms. The fourth-order valence-corrected chi connectivity index (χ4v) is 1.02. The molecule has 0 N–H and O–H groups in total. The summed E-state index contributed by atoms with van der Waals surface area (Å²) in [6.07, 6.45) is 6.78. The van der Waals surface area contributed by atoms with Crippen LogP contribution in [0.3, 0.4) is 0 Å². The molecule has 0 aromatic rings. The van der Waals surface area contributed by atoms with Crippen molar-refractivity contribution in [2.75, 3.05) is 13.9 Å². The molecule has 1 atom stereocenters. The molecule has 72 valence electrons. The maximum Gasteiger partial charge on any atom is 0.147 e. The Morgan fingerprint density at radius 3 is 2.67 bits per heavy atom. The van der Waals surface area contributed by atoms with Gasteiger partial charge >= 0.3 is 0 Å². The van der Waals surface area contributed by atoms with Crippen molar-refractivity contribution in [1.29, 1.82) is 0 Å². The molecule has 0 unspecified atom stereocenters. The van der Waals surface area contributed by atoms with E-state index in [1.54, 1.807) is 7.11 Å². The summed E-state index contributed by atoms with van der Waals surface area (Å²) in [5.41, 5.74) is 0. The highest BCUT2D eigenvalue weighted by atomic mass is 16.7. The van der Waals surface area contributed by atoms with Gasteiger partial charge in [0.1, 0.15) is 6.79 Å². The Morgan fingerprint density at radius 1 is 1.42 bits per heavy atom. The van der Waals surface area contributed by atoms with Gasteiger partial charge in [-0.05, 0) is 6.42 Å². The molecule has 12 heavy (non-hydrogen) atoms. The molecule has 0 spiro atoms. The highest BCUT2D eigenvalue weighted by Crippen LogP contribution is 2.07. The molecule has 0 saturated carbocycles. The summed E-state index contributed by atoms with van der Waals surface area (Å²) in [5.74, 6) is 0. The first-order valence-corrected chi connectivity index (χ1v) is 4.58. The first-order chi connectivity index (χ1) is 5.85. The van der Waals surface area contributed by atoms with Crippen molar-refractivity contribution in [3.63, 3.8) is 0 Å². The Kier molecular flexibility index (Phi) is 8.51. The van der Waals surface area contributed by atoms with Crippen LogP contribution in [0.2, 0.25) is 0 Å². The van der Waals surface area contributed by atoms with Crippen LogP contribution in [0.25, 0.3) is 0 Å². The Hall–Kier alpha value is -0.340. The second kappa shape index (κ2) is 8.75. The van der Waals surface area contributed by atoms with Crippen LogP contribution in [-0.4, -0.2) is 20.0 Å². The molecule has 0 aliphatic carbocycles. The van der Waals surface area contributed by atoms with E-state index in [9.17, 15) is 0 Å². The van der Waals surface area contributed by atoms with E-state index >= 15 is 0 Å². The predicted octanol–water partition coefficient (Wildman–Crippen LogP) is 2.74. The SMILES string of the molecule is C=C[C@H](CCCCC)OCOC. The summed E-state index contributed by atoms with van der Waals surface area (Å²) in [4.78, 5) is 0. The maximum atomic E-state index is 5.35. The monoisotopic (exact) mass is 172 g/mol. The maximum absolute atomic E-state index is 5.35. The van der Waals surface area contributed by atoms with Crippen molar-refractivity contribution in [3.8, 4) is 0 Å². The highest BCUT2D eigenvalue weighted by molar-refractivity contribution is 4.79. The van der Waals surface area contributed by atoms with Gasteiger partial charge in [0.15, 0.2) is 0 Å². The minimum Gasteiger partial charge on any atom is -0.359 e. The number of hydrogen-bond donors (Lipinski definition) is 0. The first-order valence-electron chi connectivity index (χ1n) is 4.58. The minimum absolute atomic E-state index is 0.163. The average Bonchev–Trinajstić information content (AvgIpc) is 2.11. The zero-order valence-corrected chi connectivity index (χ0v) is 8.21. The second-order valence-electron chi connectivity index (χ2n) is 2.84. The number of ether oxygens (including phenoxy) is 2. The summed E-state index contributed by atoms with van der Waals surface area (Å²) < 4.78 is 10.2. The van der Waals surface area contributed by atoms with E-state index in [-0.39, 0.29) is 6.10 Å². The van der Waals surface area contributed by atoms with Crippen LogP contribution in [-0.2, 0) is 9.47 Å². The largest absolute Gasteiger partial charge is 0.359 e. The van der Waals surface area contributed by atoms with E-state index < -0.39 is 0 Å². The van der Waals surface area contributed by atoms with Crippen LogP contribution >= 0.6 is 0 Å². The smallest absolute Gasteiger partial charge is 0.147 e. The van der Waals surface area contributed by atoms with Gasteiger partial charge in [-0.25, -0.2) is 0 Å². The topological polar surface area (TPSA) is 18.5 Å². The van der Waals surface area contributed by atoms with Crippen LogP contribution in [0.1, 0.15) is 32.6 Å².